The van der Waals surface area contributed by atoms with Crippen molar-refractivity contribution in [3.8, 4) is 0 Å². The molecule has 2 rings (SSSR count). The van der Waals surface area contributed by atoms with E-state index in [1.165, 1.54) is 0 Å². The summed E-state index contributed by atoms with van der Waals surface area (Å²) in [6.07, 6.45) is -1.32. The van der Waals surface area contributed by atoms with Crippen molar-refractivity contribution in [2.24, 2.45) is 0 Å². The third-order valence-electron chi connectivity index (χ3n) is 2.99. The molecule has 2 amide bonds. The zero-order valence-corrected chi connectivity index (χ0v) is 9.29. The Balaban J connectivity index is 2.24. The molecule has 0 radical (unpaired) electrons. The number of imide groups is 1. The molecule has 2 saturated heterocycles. The summed E-state index contributed by atoms with van der Waals surface area (Å²) in [5.74, 6) is -3.91. The maximum atomic E-state index is 11.9. The third kappa shape index (κ3) is 1.84. The second-order valence-corrected chi connectivity index (χ2v) is 4.32. The number of likely N-dealkylation sites (tertiary alicyclic amines) is 1. The van der Waals surface area contributed by atoms with E-state index in [1.807, 2.05) is 0 Å². The molecule has 2 fully saturated rings. The van der Waals surface area contributed by atoms with Gasteiger partial charge in [-0.1, -0.05) is 0 Å². The number of aliphatic hydroxyl groups is 1. The summed E-state index contributed by atoms with van der Waals surface area (Å²) in [6, 6.07) is -1.05. The predicted molar refractivity (Wildman–Crippen MR) is 53.0 cm³/mol. The Morgan fingerprint density at radius 2 is 2.11 bits per heavy atom. The lowest BCUT2D eigenvalue weighted by molar-refractivity contribution is -0.158. The van der Waals surface area contributed by atoms with Gasteiger partial charge >= 0.3 is 11.9 Å². The Labute approximate surface area is 101 Å². The Morgan fingerprint density at radius 3 is 2.61 bits per heavy atom. The van der Waals surface area contributed by atoms with Crippen molar-refractivity contribution in [2.75, 3.05) is 6.61 Å². The van der Waals surface area contributed by atoms with Crippen LogP contribution in [0, 0.1) is 0 Å². The average molecular weight is 257 g/mol. The van der Waals surface area contributed by atoms with Crippen molar-refractivity contribution in [1.82, 2.24) is 4.90 Å². The van der Waals surface area contributed by atoms with E-state index >= 15 is 0 Å². The van der Waals surface area contributed by atoms with Crippen molar-refractivity contribution in [2.45, 2.75) is 30.9 Å². The van der Waals surface area contributed by atoms with E-state index in [2.05, 4.69) is 4.74 Å². The number of hydrogen-bond acceptors (Lipinski definition) is 6. The maximum absolute atomic E-state index is 11.9. The van der Waals surface area contributed by atoms with Crippen LogP contribution in [0.3, 0.4) is 0 Å². The number of esters is 1. The van der Waals surface area contributed by atoms with Crippen LogP contribution in [0.2, 0.25) is 0 Å². The molecular weight excluding hydrogens is 246 g/mol. The van der Waals surface area contributed by atoms with Crippen LogP contribution < -0.4 is 0 Å². The number of carbonyl (C=O) groups is 4. The SMILES string of the molecule is O=C(O)CC1(O)CC(=O)N(C2CCOC2=O)C1=O. The Hall–Kier alpha value is -1.96. The molecule has 0 saturated carbocycles. The van der Waals surface area contributed by atoms with Crippen LogP contribution in [0.25, 0.3) is 0 Å². The van der Waals surface area contributed by atoms with Gasteiger partial charge in [-0.3, -0.25) is 19.3 Å². The number of cyclic esters (lactones) is 1. The molecule has 0 aromatic rings. The Morgan fingerprint density at radius 1 is 1.44 bits per heavy atom. The Bertz CT molecular complexity index is 446. The van der Waals surface area contributed by atoms with E-state index in [-0.39, 0.29) is 13.0 Å². The van der Waals surface area contributed by atoms with Gasteiger partial charge in [0.1, 0.15) is 6.04 Å². The van der Waals surface area contributed by atoms with Crippen molar-refractivity contribution >= 4 is 23.8 Å². The number of amides is 2. The molecule has 2 aliphatic heterocycles. The highest BCUT2D eigenvalue weighted by Crippen LogP contribution is 2.31. The summed E-state index contributed by atoms with van der Waals surface area (Å²) >= 11 is 0. The zero-order valence-electron chi connectivity index (χ0n) is 9.29. The average Bonchev–Trinajstić information content (AvgIpc) is 2.71. The number of ether oxygens (including phenoxy) is 1. The van der Waals surface area contributed by atoms with Gasteiger partial charge in [0, 0.05) is 6.42 Å². The molecule has 2 aliphatic rings. The van der Waals surface area contributed by atoms with Crippen molar-refractivity contribution in [3.63, 3.8) is 0 Å². The van der Waals surface area contributed by atoms with Gasteiger partial charge in [-0.2, -0.15) is 0 Å². The number of rotatable bonds is 3. The molecule has 98 valence electrons. The van der Waals surface area contributed by atoms with Gasteiger partial charge in [-0.15, -0.1) is 0 Å². The van der Waals surface area contributed by atoms with E-state index in [1.54, 1.807) is 0 Å². The fourth-order valence-corrected chi connectivity index (χ4v) is 2.17. The van der Waals surface area contributed by atoms with Crippen LogP contribution in [-0.2, 0) is 23.9 Å². The van der Waals surface area contributed by atoms with Crippen LogP contribution >= 0.6 is 0 Å². The van der Waals surface area contributed by atoms with Crippen LogP contribution in [0.1, 0.15) is 19.3 Å². The third-order valence-corrected chi connectivity index (χ3v) is 2.99. The standard InChI is InChI=1S/C10H11NO7/c12-6-3-10(17,4-7(13)14)9(16)11(6)5-1-2-18-8(5)15/h5,17H,1-4H2,(H,13,14). The van der Waals surface area contributed by atoms with E-state index in [0.717, 1.165) is 0 Å². The van der Waals surface area contributed by atoms with Gasteiger partial charge in [0.2, 0.25) is 5.91 Å². The summed E-state index contributed by atoms with van der Waals surface area (Å²) < 4.78 is 4.64. The minimum absolute atomic E-state index is 0.0952. The minimum Gasteiger partial charge on any atom is -0.481 e. The first kappa shape index (κ1) is 12.5. The monoisotopic (exact) mass is 257 g/mol. The molecule has 2 heterocycles. The second kappa shape index (κ2) is 4.05. The molecule has 18 heavy (non-hydrogen) atoms. The highest BCUT2D eigenvalue weighted by molar-refractivity contribution is 6.11. The van der Waals surface area contributed by atoms with Gasteiger partial charge in [0.05, 0.1) is 19.4 Å². The molecule has 0 spiro atoms. The molecule has 8 nitrogen and oxygen atoms in total. The first-order chi connectivity index (χ1) is 8.35. The van der Waals surface area contributed by atoms with Gasteiger partial charge < -0.3 is 14.9 Å². The first-order valence-corrected chi connectivity index (χ1v) is 5.32. The molecular formula is C10H11NO7. The summed E-state index contributed by atoms with van der Waals surface area (Å²) in [4.78, 5) is 46.1. The molecule has 0 aromatic heterocycles. The highest BCUT2D eigenvalue weighted by Gasteiger charge is 2.55. The lowest BCUT2D eigenvalue weighted by atomic mass is 9.98. The number of carbonyl (C=O) groups excluding carboxylic acids is 3. The molecule has 0 aliphatic carbocycles. The summed E-state index contributed by atoms with van der Waals surface area (Å²) in [5, 5.41) is 18.5. The molecule has 0 bridgehead atoms. The van der Waals surface area contributed by atoms with Gasteiger partial charge in [0.25, 0.3) is 5.91 Å². The minimum atomic E-state index is -2.26. The van der Waals surface area contributed by atoms with E-state index in [9.17, 15) is 24.3 Å². The molecule has 2 N–H and O–H groups in total. The molecule has 8 heteroatoms. The van der Waals surface area contributed by atoms with Crippen LogP contribution in [0.5, 0.6) is 0 Å². The number of aliphatic carboxylic acids is 1. The number of carboxylic acids is 1. The first-order valence-electron chi connectivity index (χ1n) is 5.32. The van der Waals surface area contributed by atoms with Crippen LogP contribution in [-0.4, -0.2) is 57.1 Å². The fourth-order valence-electron chi connectivity index (χ4n) is 2.17. The van der Waals surface area contributed by atoms with Crippen molar-refractivity contribution in [3.05, 3.63) is 0 Å². The largest absolute Gasteiger partial charge is 0.481 e. The smallest absolute Gasteiger partial charge is 0.329 e. The Kier molecular flexibility index (Phi) is 2.81. The number of nitrogens with zero attached hydrogens (tertiary/aromatic N) is 1. The van der Waals surface area contributed by atoms with Crippen LogP contribution in [0.15, 0.2) is 0 Å². The highest BCUT2D eigenvalue weighted by atomic mass is 16.5. The second-order valence-electron chi connectivity index (χ2n) is 4.32. The van der Waals surface area contributed by atoms with Gasteiger partial charge in [-0.25, -0.2) is 4.79 Å². The van der Waals surface area contributed by atoms with E-state index in [4.69, 9.17) is 5.11 Å². The van der Waals surface area contributed by atoms with Crippen molar-refractivity contribution < 1.29 is 34.1 Å². The summed E-state index contributed by atoms with van der Waals surface area (Å²) in [6.45, 7) is 0.0952. The molecule has 2 atom stereocenters. The van der Waals surface area contributed by atoms with Gasteiger partial charge in [0.15, 0.2) is 5.60 Å². The molecule has 2 unspecified atom stereocenters. The summed E-state index contributed by atoms with van der Waals surface area (Å²) in [5.41, 5.74) is -2.26. The van der Waals surface area contributed by atoms with Crippen molar-refractivity contribution in [1.29, 1.82) is 0 Å². The number of carboxylic acid groups (broad SMARTS) is 1. The molecule has 0 aromatic carbocycles. The topological polar surface area (TPSA) is 121 Å². The number of hydrogen-bond donors (Lipinski definition) is 2. The fraction of sp³-hybridized carbons (Fsp3) is 0.600. The van der Waals surface area contributed by atoms with Crippen LogP contribution in [0.4, 0.5) is 0 Å². The lowest BCUT2D eigenvalue weighted by Crippen LogP contribution is -2.47. The van der Waals surface area contributed by atoms with E-state index < -0.39 is 48.2 Å². The summed E-state index contributed by atoms with van der Waals surface area (Å²) in [7, 11) is 0. The predicted octanol–water partition coefficient (Wildman–Crippen LogP) is -1.73. The van der Waals surface area contributed by atoms with Gasteiger partial charge in [-0.05, 0) is 0 Å². The van der Waals surface area contributed by atoms with E-state index in [0.29, 0.717) is 4.90 Å². The lowest BCUT2D eigenvalue weighted by Gasteiger charge is -2.21. The zero-order chi connectivity index (χ0) is 13.5. The maximum Gasteiger partial charge on any atom is 0.329 e. The quantitative estimate of drug-likeness (QED) is 0.455. The normalized spacial score (nSPS) is 31.9.